The van der Waals surface area contributed by atoms with E-state index in [1.165, 1.54) is 5.56 Å². The zero-order valence-corrected chi connectivity index (χ0v) is 16.5. The van der Waals surface area contributed by atoms with Crippen LogP contribution in [0.3, 0.4) is 0 Å². The standard InChI is InChI=1S/C22H27N5O/c1-23-22(26(2)17-18-28-21-7-4-3-5-8-21)24-15-13-19-9-11-20(12-10-19)27-16-6-14-25-27/h3-12,14,16H,13,15,17-18H2,1-2H3,(H,23,24). The van der Waals surface area contributed by atoms with Crippen molar-refractivity contribution in [2.45, 2.75) is 6.42 Å². The molecule has 2 aromatic carbocycles. The topological polar surface area (TPSA) is 54.7 Å². The summed E-state index contributed by atoms with van der Waals surface area (Å²) < 4.78 is 7.61. The molecule has 1 aromatic heterocycles. The molecule has 3 rings (SSSR count). The van der Waals surface area contributed by atoms with Crippen LogP contribution in [0.4, 0.5) is 0 Å². The van der Waals surface area contributed by atoms with Gasteiger partial charge in [0.15, 0.2) is 5.96 Å². The fourth-order valence-corrected chi connectivity index (χ4v) is 2.86. The molecular weight excluding hydrogens is 350 g/mol. The van der Waals surface area contributed by atoms with Crippen LogP contribution < -0.4 is 10.1 Å². The average Bonchev–Trinajstić information content (AvgIpc) is 3.27. The van der Waals surface area contributed by atoms with Crippen molar-refractivity contribution in [1.29, 1.82) is 0 Å². The molecule has 0 atom stereocenters. The van der Waals surface area contributed by atoms with Crippen LogP contribution in [-0.2, 0) is 6.42 Å². The summed E-state index contributed by atoms with van der Waals surface area (Å²) in [6, 6.07) is 20.2. The largest absolute Gasteiger partial charge is 0.492 e. The zero-order chi connectivity index (χ0) is 19.6. The second-order valence-electron chi connectivity index (χ2n) is 6.42. The van der Waals surface area contributed by atoms with Gasteiger partial charge in [-0.2, -0.15) is 5.10 Å². The normalized spacial score (nSPS) is 11.3. The Morgan fingerprint density at radius 3 is 2.57 bits per heavy atom. The number of nitrogens with one attached hydrogen (secondary N) is 1. The van der Waals surface area contributed by atoms with Crippen LogP contribution in [-0.4, -0.2) is 54.4 Å². The molecule has 0 unspecified atom stereocenters. The summed E-state index contributed by atoms with van der Waals surface area (Å²) in [5.74, 6) is 1.75. The van der Waals surface area contributed by atoms with Crippen LogP contribution in [0.1, 0.15) is 5.56 Å². The van der Waals surface area contributed by atoms with E-state index in [4.69, 9.17) is 4.74 Å². The van der Waals surface area contributed by atoms with Crippen molar-refractivity contribution >= 4 is 5.96 Å². The number of para-hydroxylation sites is 1. The molecule has 6 nitrogen and oxygen atoms in total. The molecular formula is C22H27N5O. The summed E-state index contributed by atoms with van der Waals surface area (Å²) in [6.07, 6.45) is 4.65. The Labute approximate surface area is 166 Å². The van der Waals surface area contributed by atoms with Crippen LogP contribution in [0.25, 0.3) is 5.69 Å². The maximum absolute atomic E-state index is 5.76. The number of guanidine groups is 1. The summed E-state index contributed by atoms with van der Waals surface area (Å²) >= 11 is 0. The number of aromatic nitrogens is 2. The summed E-state index contributed by atoms with van der Waals surface area (Å²) in [6.45, 7) is 2.18. The first-order chi connectivity index (χ1) is 13.8. The molecule has 6 heteroatoms. The smallest absolute Gasteiger partial charge is 0.193 e. The lowest BCUT2D eigenvalue weighted by atomic mass is 10.1. The van der Waals surface area contributed by atoms with E-state index in [1.54, 1.807) is 13.2 Å². The lowest BCUT2D eigenvalue weighted by molar-refractivity contribution is 0.281. The molecule has 28 heavy (non-hydrogen) atoms. The van der Waals surface area contributed by atoms with Gasteiger partial charge in [0.2, 0.25) is 0 Å². The van der Waals surface area contributed by atoms with Crippen LogP contribution in [0.2, 0.25) is 0 Å². The van der Waals surface area contributed by atoms with E-state index in [0.717, 1.165) is 36.9 Å². The minimum Gasteiger partial charge on any atom is -0.492 e. The first kappa shape index (κ1) is 19.5. The zero-order valence-electron chi connectivity index (χ0n) is 16.5. The Morgan fingerprint density at radius 2 is 1.89 bits per heavy atom. The second-order valence-corrected chi connectivity index (χ2v) is 6.42. The van der Waals surface area contributed by atoms with Crippen molar-refractivity contribution in [3.63, 3.8) is 0 Å². The highest BCUT2D eigenvalue weighted by atomic mass is 16.5. The molecule has 0 spiro atoms. The average molecular weight is 377 g/mol. The number of hydrogen-bond donors (Lipinski definition) is 1. The molecule has 0 amide bonds. The molecule has 0 bridgehead atoms. The number of aliphatic imine (C=N–C) groups is 1. The molecule has 0 saturated carbocycles. The highest BCUT2D eigenvalue weighted by Crippen LogP contribution is 2.09. The first-order valence-corrected chi connectivity index (χ1v) is 9.45. The van der Waals surface area contributed by atoms with E-state index in [9.17, 15) is 0 Å². The SMILES string of the molecule is CN=C(NCCc1ccc(-n2cccn2)cc1)N(C)CCOc1ccccc1. The number of rotatable bonds is 8. The quantitative estimate of drug-likeness (QED) is 0.484. The molecule has 0 aliphatic rings. The van der Waals surface area contributed by atoms with Crippen LogP contribution in [0, 0.1) is 0 Å². The van der Waals surface area contributed by atoms with Gasteiger partial charge in [0, 0.05) is 33.0 Å². The number of likely N-dealkylation sites (N-methyl/N-ethyl adjacent to an activating group) is 1. The van der Waals surface area contributed by atoms with Gasteiger partial charge in [0.05, 0.1) is 12.2 Å². The Morgan fingerprint density at radius 1 is 1.11 bits per heavy atom. The fourth-order valence-electron chi connectivity index (χ4n) is 2.86. The van der Waals surface area contributed by atoms with Crippen molar-refractivity contribution in [2.75, 3.05) is 33.8 Å². The lowest BCUT2D eigenvalue weighted by Crippen LogP contribution is -2.41. The highest BCUT2D eigenvalue weighted by Gasteiger charge is 2.06. The number of hydrogen-bond acceptors (Lipinski definition) is 3. The Kier molecular flexibility index (Phi) is 7.07. The third-order valence-electron chi connectivity index (χ3n) is 4.41. The second kappa shape index (κ2) is 10.2. The molecule has 0 aliphatic carbocycles. The van der Waals surface area contributed by atoms with Gasteiger partial charge in [-0.3, -0.25) is 4.99 Å². The molecule has 146 valence electrons. The van der Waals surface area contributed by atoms with E-state index in [2.05, 4.69) is 44.6 Å². The maximum atomic E-state index is 5.76. The van der Waals surface area contributed by atoms with Gasteiger partial charge in [-0.25, -0.2) is 4.68 Å². The van der Waals surface area contributed by atoms with Crippen LogP contribution in [0.15, 0.2) is 78.0 Å². The van der Waals surface area contributed by atoms with Gasteiger partial charge >= 0.3 is 0 Å². The molecule has 1 N–H and O–H groups in total. The summed E-state index contributed by atoms with van der Waals surface area (Å²) in [7, 11) is 3.82. The fraction of sp³-hybridized carbons (Fsp3) is 0.273. The molecule has 0 radical (unpaired) electrons. The Hall–Kier alpha value is -3.28. The summed E-state index contributed by atoms with van der Waals surface area (Å²) in [5.41, 5.74) is 2.34. The van der Waals surface area contributed by atoms with Crippen LogP contribution in [0.5, 0.6) is 5.75 Å². The monoisotopic (exact) mass is 377 g/mol. The van der Waals surface area contributed by atoms with E-state index in [0.29, 0.717) is 6.61 Å². The van der Waals surface area contributed by atoms with E-state index in [1.807, 2.05) is 54.3 Å². The number of nitrogens with zero attached hydrogens (tertiary/aromatic N) is 4. The molecule has 0 saturated heterocycles. The molecule has 1 heterocycles. The predicted molar refractivity (Wildman–Crippen MR) is 113 cm³/mol. The van der Waals surface area contributed by atoms with E-state index in [-0.39, 0.29) is 0 Å². The number of benzene rings is 2. The van der Waals surface area contributed by atoms with Gasteiger partial charge in [0.25, 0.3) is 0 Å². The summed E-state index contributed by atoms with van der Waals surface area (Å²) in [5, 5.41) is 7.66. The van der Waals surface area contributed by atoms with Gasteiger partial charge in [-0.1, -0.05) is 30.3 Å². The number of ether oxygens (including phenoxy) is 1. The lowest BCUT2D eigenvalue weighted by Gasteiger charge is -2.22. The van der Waals surface area contributed by atoms with Crippen molar-refractivity contribution in [3.8, 4) is 11.4 Å². The van der Waals surface area contributed by atoms with E-state index >= 15 is 0 Å². The van der Waals surface area contributed by atoms with Gasteiger partial charge in [-0.05, 0) is 42.3 Å². The van der Waals surface area contributed by atoms with Crippen molar-refractivity contribution in [2.24, 2.45) is 4.99 Å². The third-order valence-corrected chi connectivity index (χ3v) is 4.41. The Bertz CT molecular complexity index is 844. The third kappa shape index (κ3) is 5.61. The van der Waals surface area contributed by atoms with Crippen molar-refractivity contribution in [1.82, 2.24) is 20.0 Å². The first-order valence-electron chi connectivity index (χ1n) is 9.45. The van der Waals surface area contributed by atoms with Gasteiger partial charge < -0.3 is 15.0 Å². The van der Waals surface area contributed by atoms with Gasteiger partial charge in [-0.15, -0.1) is 0 Å². The molecule has 0 fully saturated rings. The maximum Gasteiger partial charge on any atom is 0.193 e. The highest BCUT2D eigenvalue weighted by molar-refractivity contribution is 5.79. The predicted octanol–water partition coefficient (Wildman–Crippen LogP) is 3.00. The Balaban J connectivity index is 1.41. The van der Waals surface area contributed by atoms with Crippen LogP contribution >= 0.6 is 0 Å². The minimum atomic E-state index is 0.607. The van der Waals surface area contributed by atoms with E-state index < -0.39 is 0 Å². The van der Waals surface area contributed by atoms with Crippen molar-refractivity contribution in [3.05, 3.63) is 78.6 Å². The van der Waals surface area contributed by atoms with Crippen molar-refractivity contribution < 1.29 is 4.74 Å². The summed E-state index contributed by atoms with van der Waals surface area (Å²) in [4.78, 5) is 6.43. The molecule has 3 aromatic rings. The van der Waals surface area contributed by atoms with Gasteiger partial charge in [0.1, 0.15) is 12.4 Å². The minimum absolute atomic E-state index is 0.607. The molecule has 0 aliphatic heterocycles.